The van der Waals surface area contributed by atoms with Gasteiger partial charge in [-0.05, 0) is 37.1 Å². The van der Waals surface area contributed by atoms with Gasteiger partial charge in [0.1, 0.15) is 0 Å². The maximum atomic E-state index is 12.1. The van der Waals surface area contributed by atoms with Gasteiger partial charge in [-0.3, -0.25) is 14.9 Å². The van der Waals surface area contributed by atoms with Gasteiger partial charge >= 0.3 is 0 Å². The summed E-state index contributed by atoms with van der Waals surface area (Å²) in [6.07, 6.45) is 4.73. The Morgan fingerprint density at radius 1 is 1.21 bits per heavy atom. The van der Waals surface area contributed by atoms with E-state index in [1.165, 1.54) is 24.2 Å². The van der Waals surface area contributed by atoms with Crippen molar-refractivity contribution in [2.24, 2.45) is 0 Å². The molecule has 7 heteroatoms. The van der Waals surface area contributed by atoms with E-state index in [9.17, 15) is 9.59 Å². The predicted octanol–water partition coefficient (Wildman–Crippen LogP) is 3.65. The van der Waals surface area contributed by atoms with Crippen molar-refractivity contribution < 1.29 is 9.59 Å². The first-order valence-electron chi connectivity index (χ1n) is 7.91. The number of halogens is 1. The SMILES string of the molecule is O=C(Cc1csc(NC(=O)c2ccc(Cl)cc2)n1)NC1CCCC1. The normalized spacial score (nSPS) is 14.5. The molecule has 2 N–H and O–H groups in total. The van der Waals surface area contributed by atoms with E-state index < -0.39 is 0 Å². The van der Waals surface area contributed by atoms with Gasteiger partial charge in [0.15, 0.2) is 5.13 Å². The fourth-order valence-electron chi connectivity index (χ4n) is 2.73. The van der Waals surface area contributed by atoms with Crippen molar-refractivity contribution in [3.05, 3.63) is 45.9 Å². The number of nitrogens with zero attached hydrogens (tertiary/aromatic N) is 1. The number of aromatic nitrogens is 1. The predicted molar refractivity (Wildman–Crippen MR) is 95.6 cm³/mol. The molecule has 0 spiro atoms. The van der Waals surface area contributed by atoms with Crippen molar-refractivity contribution in [3.8, 4) is 0 Å². The van der Waals surface area contributed by atoms with Gasteiger partial charge < -0.3 is 5.32 Å². The number of anilines is 1. The number of carbonyl (C=O) groups is 2. The van der Waals surface area contributed by atoms with E-state index in [0.717, 1.165) is 12.8 Å². The lowest BCUT2D eigenvalue weighted by Gasteiger charge is -2.10. The Balaban J connectivity index is 1.54. The third-order valence-electron chi connectivity index (χ3n) is 3.94. The van der Waals surface area contributed by atoms with Gasteiger partial charge in [0.05, 0.1) is 12.1 Å². The van der Waals surface area contributed by atoms with Crippen LogP contribution in [0.3, 0.4) is 0 Å². The van der Waals surface area contributed by atoms with Crippen LogP contribution in [0, 0.1) is 0 Å². The number of rotatable bonds is 5. The van der Waals surface area contributed by atoms with E-state index in [-0.39, 0.29) is 18.2 Å². The summed E-state index contributed by atoms with van der Waals surface area (Å²) in [6.45, 7) is 0. The van der Waals surface area contributed by atoms with Crippen LogP contribution in [0.1, 0.15) is 41.7 Å². The molecule has 1 aromatic carbocycles. The fourth-order valence-corrected chi connectivity index (χ4v) is 3.56. The van der Waals surface area contributed by atoms with Crippen LogP contribution >= 0.6 is 22.9 Å². The minimum Gasteiger partial charge on any atom is -0.353 e. The molecule has 0 saturated heterocycles. The standard InChI is InChI=1S/C17H18ClN3O2S/c18-12-7-5-11(6-8-12)16(23)21-17-20-14(10-24-17)9-15(22)19-13-3-1-2-4-13/h5-8,10,13H,1-4,9H2,(H,19,22)(H,20,21,23). The van der Waals surface area contributed by atoms with Crippen LogP contribution in [0.2, 0.25) is 5.02 Å². The van der Waals surface area contributed by atoms with Crippen LogP contribution < -0.4 is 10.6 Å². The van der Waals surface area contributed by atoms with Crippen molar-refractivity contribution in [3.63, 3.8) is 0 Å². The van der Waals surface area contributed by atoms with Crippen LogP contribution in [0.4, 0.5) is 5.13 Å². The molecule has 2 aromatic rings. The summed E-state index contributed by atoms with van der Waals surface area (Å²) in [5, 5.41) is 8.63. The first kappa shape index (κ1) is 16.9. The number of nitrogens with one attached hydrogen (secondary N) is 2. The molecule has 5 nitrogen and oxygen atoms in total. The second kappa shape index (κ2) is 7.77. The molecule has 1 saturated carbocycles. The van der Waals surface area contributed by atoms with Crippen molar-refractivity contribution in [2.75, 3.05) is 5.32 Å². The Morgan fingerprint density at radius 3 is 2.62 bits per heavy atom. The molecule has 24 heavy (non-hydrogen) atoms. The van der Waals surface area contributed by atoms with Crippen molar-refractivity contribution in [2.45, 2.75) is 38.1 Å². The number of benzene rings is 1. The molecule has 0 aliphatic heterocycles. The lowest BCUT2D eigenvalue weighted by molar-refractivity contribution is -0.121. The van der Waals surface area contributed by atoms with Crippen LogP contribution in [-0.2, 0) is 11.2 Å². The molecular formula is C17H18ClN3O2S. The summed E-state index contributed by atoms with van der Waals surface area (Å²) < 4.78 is 0. The quantitative estimate of drug-likeness (QED) is 0.851. The molecule has 1 aliphatic carbocycles. The minimum absolute atomic E-state index is 0.0113. The van der Waals surface area contributed by atoms with Crippen molar-refractivity contribution in [1.29, 1.82) is 0 Å². The monoisotopic (exact) mass is 363 g/mol. The highest BCUT2D eigenvalue weighted by molar-refractivity contribution is 7.14. The van der Waals surface area contributed by atoms with Gasteiger partial charge in [-0.1, -0.05) is 24.4 Å². The van der Waals surface area contributed by atoms with E-state index in [4.69, 9.17) is 11.6 Å². The Labute approximate surface area is 149 Å². The van der Waals surface area contributed by atoms with Gasteiger partial charge in [-0.15, -0.1) is 11.3 Å². The van der Waals surface area contributed by atoms with Crippen LogP contribution in [0.15, 0.2) is 29.6 Å². The van der Waals surface area contributed by atoms with Gasteiger partial charge in [0.25, 0.3) is 5.91 Å². The molecule has 0 unspecified atom stereocenters. The maximum Gasteiger partial charge on any atom is 0.257 e. The average Bonchev–Trinajstić information content (AvgIpc) is 3.20. The van der Waals surface area contributed by atoms with Gasteiger partial charge in [-0.25, -0.2) is 4.98 Å². The second-order valence-electron chi connectivity index (χ2n) is 5.83. The van der Waals surface area contributed by atoms with Crippen LogP contribution in [0.25, 0.3) is 0 Å². The third kappa shape index (κ3) is 4.55. The lowest BCUT2D eigenvalue weighted by atomic mass is 10.2. The molecule has 0 radical (unpaired) electrons. The van der Waals surface area contributed by atoms with E-state index in [1.807, 2.05) is 0 Å². The lowest BCUT2D eigenvalue weighted by Crippen LogP contribution is -2.33. The zero-order valence-corrected chi connectivity index (χ0v) is 14.6. The highest BCUT2D eigenvalue weighted by atomic mass is 35.5. The first-order valence-corrected chi connectivity index (χ1v) is 9.16. The first-order chi connectivity index (χ1) is 11.6. The van der Waals surface area contributed by atoms with E-state index >= 15 is 0 Å². The Morgan fingerprint density at radius 2 is 1.92 bits per heavy atom. The summed E-state index contributed by atoms with van der Waals surface area (Å²) in [5.74, 6) is -0.259. The number of carbonyl (C=O) groups excluding carboxylic acids is 2. The molecule has 0 bridgehead atoms. The molecule has 0 atom stereocenters. The molecule has 2 amide bonds. The summed E-state index contributed by atoms with van der Waals surface area (Å²) in [4.78, 5) is 28.4. The van der Waals surface area contributed by atoms with Crippen LogP contribution in [0.5, 0.6) is 0 Å². The van der Waals surface area contributed by atoms with Crippen LogP contribution in [-0.4, -0.2) is 22.8 Å². The van der Waals surface area contributed by atoms with E-state index in [2.05, 4.69) is 15.6 Å². The topological polar surface area (TPSA) is 71.1 Å². The average molecular weight is 364 g/mol. The zero-order valence-electron chi connectivity index (χ0n) is 13.0. The van der Waals surface area contributed by atoms with E-state index in [0.29, 0.717) is 27.5 Å². The van der Waals surface area contributed by atoms with Gasteiger partial charge in [-0.2, -0.15) is 0 Å². The van der Waals surface area contributed by atoms with Crippen molar-refractivity contribution >= 4 is 39.9 Å². The largest absolute Gasteiger partial charge is 0.353 e. The second-order valence-corrected chi connectivity index (χ2v) is 7.13. The third-order valence-corrected chi connectivity index (χ3v) is 5.00. The highest BCUT2D eigenvalue weighted by Gasteiger charge is 2.18. The number of hydrogen-bond acceptors (Lipinski definition) is 4. The molecule has 1 aliphatic rings. The Hall–Kier alpha value is -1.92. The molecular weight excluding hydrogens is 346 g/mol. The molecule has 126 valence electrons. The Kier molecular flexibility index (Phi) is 5.48. The molecule has 1 heterocycles. The molecule has 1 fully saturated rings. The van der Waals surface area contributed by atoms with Gasteiger partial charge in [0.2, 0.25) is 5.91 Å². The molecule has 3 rings (SSSR count). The highest BCUT2D eigenvalue weighted by Crippen LogP contribution is 2.19. The molecule has 1 aromatic heterocycles. The van der Waals surface area contributed by atoms with Crippen molar-refractivity contribution in [1.82, 2.24) is 10.3 Å². The smallest absolute Gasteiger partial charge is 0.257 e. The zero-order chi connectivity index (χ0) is 16.9. The van der Waals surface area contributed by atoms with E-state index in [1.54, 1.807) is 29.6 Å². The number of hydrogen-bond donors (Lipinski definition) is 2. The Bertz CT molecular complexity index is 724. The summed E-state index contributed by atoms with van der Waals surface area (Å²) >= 11 is 7.12. The minimum atomic E-state index is -0.247. The fraction of sp³-hybridized carbons (Fsp3) is 0.353. The maximum absolute atomic E-state index is 12.1. The number of thiazole rings is 1. The summed E-state index contributed by atoms with van der Waals surface area (Å²) in [6, 6.07) is 6.94. The summed E-state index contributed by atoms with van der Waals surface area (Å²) in [5.41, 5.74) is 1.18. The van der Waals surface area contributed by atoms with Gasteiger partial charge in [0, 0.05) is 22.0 Å². The summed E-state index contributed by atoms with van der Waals surface area (Å²) in [7, 11) is 0. The number of amides is 2.